The minimum absolute atomic E-state index is 0.0738. The summed E-state index contributed by atoms with van der Waals surface area (Å²) in [7, 11) is 0. The van der Waals surface area contributed by atoms with Gasteiger partial charge in [-0.2, -0.15) is 23.5 Å². The molecule has 7 N–H and O–H groups in total. The molecule has 0 aliphatic rings. The van der Waals surface area contributed by atoms with Gasteiger partial charge in [0.1, 0.15) is 18.6 Å². The summed E-state index contributed by atoms with van der Waals surface area (Å²) >= 11 is 2.95. The van der Waals surface area contributed by atoms with Crippen LogP contribution in [0.25, 0.3) is 0 Å². The van der Waals surface area contributed by atoms with E-state index in [-0.39, 0.29) is 25.2 Å². The fraction of sp³-hybridized carbons (Fsp3) is 0.714. The second-order valence-electron chi connectivity index (χ2n) is 5.13. The van der Waals surface area contributed by atoms with Crippen molar-refractivity contribution < 1.29 is 34.5 Å². The highest BCUT2D eigenvalue weighted by Crippen LogP contribution is 2.09. The van der Waals surface area contributed by atoms with Crippen molar-refractivity contribution in [3.05, 3.63) is 0 Å². The number of amides is 2. The third kappa shape index (κ3) is 12.8. The topological polar surface area (TPSA) is 179 Å². The molecule has 2 amide bonds. The van der Waals surface area contributed by atoms with Gasteiger partial charge in [-0.1, -0.05) is 0 Å². The zero-order valence-electron chi connectivity index (χ0n) is 14.2. The van der Waals surface area contributed by atoms with Crippen LogP contribution < -0.4 is 16.4 Å². The van der Waals surface area contributed by atoms with Crippen LogP contribution in [0.1, 0.15) is 12.8 Å². The van der Waals surface area contributed by atoms with Crippen LogP contribution in [-0.4, -0.2) is 87.3 Å². The van der Waals surface area contributed by atoms with Crippen molar-refractivity contribution in [3.63, 3.8) is 0 Å². The monoisotopic (exact) mass is 411 g/mol. The summed E-state index contributed by atoms with van der Waals surface area (Å²) in [5, 5.41) is 30.7. The molecular formula is C14H25N3O7S2. The fourth-order valence-electron chi connectivity index (χ4n) is 1.63. The number of hydrogen-bond acceptors (Lipinski definition) is 8. The lowest BCUT2D eigenvalue weighted by molar-refractivity contribution is -0.139. The second kappa shape index (κ2) is 14.6. The highest BCUT2D eigenvalue weighted by molar-refractivity contribution is 8.02. The third-order valence-corrected chi connectivity index (χ3v) is 5.24. The van der Waals surface area contributed by atoms with E-state index in [1.165, 1.54) is 11.8 Å². The van der Waals surface area contributed by atoms with Gasteiger partial charge >= 0.3 is 11.9 Å². The molecule has 0 aromatic heterocycles. The average Bonchev–Trinajstić information content (AvgIpc) is 2.59. The average molecular weight is 412 g/mol. The Balaban J connectivity index is 4.46. The first-order valence-corrected chi connectivity index (χ1v) is 10.1. The molecule has 0 bridgehead atoms. The highest BCUT2D eigenvalue weighted by atomic mass is 32.2. The van der Waals surface area contributed by atoms with Gasteiger partial charge in [-0.25, -0.2) is 0 Å². The first kappa shape index (κ1) is 24.5. The maximum Gasteiger partial charge on any atom is 0.322 e. The molecule has 0 aliphatic heterocycles. The molecule has 12 heteroatoms. The van der Waals surface area contributed by atoms with E-state index in [4.69, 9.17) is 21.1 Å². The number of hydrogen-bond donors (Lipinski definition) is 6. The molecule has 10 nitrogen and oxygen atoms in total. The Labute approximate surface area is 159 Å². The standard InChI is InChI=1S/C14H25N3O7S2/c15-9(14(23)24)1-2-11(19)17-10(13(22)16-7-12(20)21)8-26-6-5-25-4-3-18/h9-10,18H,1-8,15H2,(H,16,22)(H,17,19)(H,20,21)(H,23,24)/t9-,10-/m0/s1. The van der Waals surface area contributed by atoms with Gasteiger partial charge in [-0.3, -0.25) is 19.2 Å². The summed E-state index contributed by atoms with van der Waals surface area (Å²) in [5.74, 6) is -1.28. The molecule has 0 saturated heterocycles. The van der Waals surface area contributed by atoms with E-state index >= 15 is 0 Å². The van der Waals surface area contributed by atoms with Gasteiger partial charge in [-0.15, -0.1) is 0 Å². The zero-order valence-corrected chi connectivity index (χ0v) is 15.8. The Hall–Kier alpha value is -1.50. The molecule has 0 rings (SSSR count). The van der Waals surface area contributed by atoms with Gasteiger partial charge in [0.25, 0.3) is 0 Å². The number of nitrogens with two attached hydrogens (primary N) is 1. The van der Waals surface area contributed by atoms with Crippen molar-refractivity contribution in [2.75, 3.05) is 36.2 Å². The highest BCUT2D eigenvalue weighted by Gasteiger charge is 2.22. The molecule has 150 valence electrons. The Morgan fingerprint density at radius 2 is 1.69 bits per heavy atom. The van der Waals surface area contributed by atoms with E-state index in [0.717, 1.165) is 5.75 Å². The summed E-state index contributed by atoms with van der Waals surface area (Å²) in [5.41, 5.74) is 5.33. The quantitative estimate of drug-likeness (QED) is 0.170. The summed E-state index contributed by atoms with van der Waals surface area (Å²) in [6.45, 7) is -0.476. The number of carboxylic acid groups (broad SMARTS) is 2. The Morgan fingerprint density at radius 3 is 2.27 bits per heavy atom. The SMILES string of the molecule is N[C@@H](CCC(=O)N[C@@H](CSCCSCCO)C(=O)NCC(=O)O)C(=O)O. The van der Waals surface area contributed by atoms with Crippen molar-refractivity contribution >= 4 is 47.3 Å². The van der Waals surface area contributed by atoms with Gasteiger partial charge in [0.05, 0.1) is 6.61 Å². The van der Waals surface area contributed by atoms with Crippen LogP contribution in [0.15, 0.2) is 0 Å². The van der Waals surface area contributed by atoms with E-state index < -0.39 is 42.4 Å². The molecule has 0 unspecified atom stereocenters. The minimum Gasteiger partial charge on any atom is -0.480 e. The zero-order chi connectivity index (χ0) is 19.9. The van der Waals surface area contributed by atoms with E-state index in [0.29, 0.717) is 11.5 Å². The lowest BCUT2D eigenvalue weighted by Gasteiger charge is -2.18. The largest absolute Gasteiger partial charge is 0.480 e. The van der Waals surface area contributed by atoms with Gasteiger partial charge in [0.2, 0.25) is 11.8 Å². The first-order chi connectivity index (χ1) is 12.3. The number of carbonyl (C=O) groups is 4. The summed E-state index contributed by atoms with van der Waals surface area (Å²) in [6, 6.07) is -2.10. The molecule has 0 heterocycles. The van der Waals surface area contributed by atoms with Gasteiger partial charge in [-0.05, 0) is 6.42 Å². The maximum atomic E-state index is 12.0. The number of carbonyl (C=O) groups excluding carboxylic acids is 2. The molecular weight excluding hydrogens is 386 g/mol. The van der Waals surface area contributed by atoms with Crippen LogP contribution in [0.5, 0.6) is 0 Å². The Morgan fingerprint density at radius 1 is 1.04 bits per heavy atom. The molecule has 2 atom stereocenters. The predicted octanol–water partition coefficient (Wildman–Crippen LogP) is -1.68. The molecule has 0 radical (unpaired) electrons. The predicted molar refractivity (Wildman–Crippen MR) is 99.2 cm³/mol. The molecule has 0 aliphatic carbocycles. The van der Waals surface area contributed by atoms with Gasteiger partial charge in [0.15, 0.2) is 0 Å². The fourth-order valence-corrected chi connectivity index (χ4v) is 3.54. The number of rotatable bonds is 15. The summed E-state index contributed by atoms with van der Waals surface area (Å²) < 4.78 is 0. The number of nitrogens with one attached hydrogen (secondary N) is 2. The second-order valence-corrected chi connectivity index (χ2v) is 7.50. The first-order valence-electron chi connectivity index (χ1n) is 7.81. The minimum atomic E-state index is -1.22. The maximum absolute atomic E-state index is 12.0. The molecule has 26 heavy (non-hydrogen) atoms. The van der Waals surface area contributed by atoms with Crippen LogP contribution in [0.2, 0.25) is 0 Å². The smallest absolute Gasteiger partial charge is 0.322 e. The van der Waals surface area contributed by atoms with Crippen LogP contribution in [-0.2, 0) is 19.2 Å². The van der Waals surface area contributed by atoms with Crippen molar-refractivity contribution in [3.8, 4) is 0 Å². The molecule has 0 spiro atoms. The van der Waals surface area contributed by atoms with Crippen LogP contribution in [0.4, 0.5) is 0 Å². The van der Waals surface area contributed by atoms with Crippen molar-refractivity contribution in [2.24, 2.45) is 5.73 Å². The Bertz CT molecular complexity index is 479. The lowest BCUT2D eigenvalue weighted by Crippen LogP contribution is -2.49. The van der Waals surface area contributed by atoms with Gasteiger partial charge < -0.3 is 31.7 Å². The van der Waals surface area contributed by atoms with Crippen LogP contribution in [0.3, 0.4) is 0 Å². The summed E-state index contributed by atoms with van der Waals surface area (Å²) in [6.07, 6.45) is -0.233. The van der Waals surface area contributed by atoms with E-state index in [1.54, 1.807) is 11.8 Å². The summed E-state index contributed by atoms with van der Waals surface area (Å²) in [4.78, 5) is 45.1. The number of aliphatic hydroxyl groups is 1. The third-order valence-electron chi connectivity index (χ3n) is 2.96. The molecule has 0 aromatic carbocycles. The van der Waals surface area contributed by atoms with E-state index in [1.807, 2.05) is 0 Å². The number of aliphatic carboxylic acids is 2. The molecule has 0 fully saturated rings. The Kier molecular flexibility index (Phi) is 13.8. The molecule has 0 aromatic rings. The lowest BCUT2D eigenvalue weighted by atomic mass is 10.1. The normalized spacial score (nSPS) is 12.8. The number of aliphatic hydroxyl groups excluding tert-OH is 1. The van der Waals surface area contributed by atoms with Crippen LogP contribution >= 0.6 is 23.5 Å². The van der Waals surface area contributed by atoms with Crippen molar-refractivity contribution in [2.45, 2.75) is 24.9 Å². The van der Waals surface area contributed by atoms with Gasteiger partial charge in [0, 0.05) is 29.4 Å². The van der Waals surface area contributed by atoms with Crippen LogP contribution in [0, 0.1) is 0 Å². The number of carboxylic acids is 2. The van der Waals surface area contributed by atoms with Crippen molar-refractivity contribution in [1.82, 2.24) is 10.6 Å². The molecule has 0 saturated carbocycles. The van der Waals surface area contributed by atoms with E-state index in [2.05, 4.69) is 10.6 Å². The number of thioether (sulfide) groups is 2. The van der Waals surface area contributed by atoms with E-state index in [9.17, 15) is 19.2 Å². The van der Waals surface area contributed by atoms with Crippen molar-refractivity contribution in [1.29, 1.82) is 0 Å².